The molecule has 0 radical (unpaired) electrons. The molecule has 0 spiro atoms. The fourth-order valence-corrected chi connectivity index (χ4v) is 7.72. The van der Waals surface area contributed by atoms with Gasteiger partial charge in [0.2, 0.25) is 11.6 Å². The van der Waals surface area contributed by atoms with Crippen LogP contribution in [0.2, 0.25) is 0 Å². The first kappa shape index (κ1) is 42.5. The number of aromatic amines is 1. The number of nitrogen functional groups attached to an aromatic ring is 1. The summed E-state index contributed by atoms with van der Waals surface area (Å²) in [7, 11) is 0.0787. The zero-order valence-electron chi connectivity index (χ0n) is 33.9. The normalized spacial score (nSPS) is 13.1. The fourth-order valence-electron chi connectivity index (χ4n) is 7.72. The van der Waals surface area contributed by atoms with E-state index in [-0.39, 0.29) is 30.5 Å². The second-order valence-electron chi connectivity index (χ2n) is 15.0. The van der Waals surface area contributed by atoms with Crippen molar-refractivity contribution in [3.05, 3.63) is 119 Å². The Hall–Kier alpha value is -6.63. The largest absolute Gasteiger partial charge is 0.846 e. The third-order valence-electron chi connectivity index (χ3n) is 10.8. The summed E-state index contributed by atoms with van der Waals surface area (Å²) in [5.41, 5.74) is 11.9. The average Bonchev–Trinajstić information content (AvgIpc) is 4.06. The summed E-state index contributed by atoms with van der Waals surface area (Å²) in [6.45, 7) is 0.0442. The van der Waals surface area contributed by atoms with E-state index in [0.717, 1.165) is 71.6 Å². The third-order valence-corrected chi connectivity index (χ3v) is 10.8. The number of aromatic nitrogens is 3. The van der Waals surface area contributed by atoms with Gasteiger partial charge in [0.15, 0.2) is 5.70 Å². The quantitative estimate of drug-likeness (QED) is 0.0206. The van der Waals surface area contributed by atoms with E-state index in [1.54, 1.807) is 51.4 Å². The number of methoxy groups -OCH3 is 1. The Bertz CT molecular complexity index is 2540. The number of hydrogen-bond donors (Lipinski definition) is 5. The van der Waals surface area contributed by atoms with E-state index in [4.69, 9.17) is 10.5 Å². The van der Waals surface area contributed by atoms with Crippen LogP contribution in [-0.2, 0) is 17.8 Å². The van der Waals surface area contributed by atoms with Gasteiger partial charge in [-0.1, -0.05) is 37.7 Å². The lowest BCUT2D eigenvalue weighted by atomic mass is 9.96. The second kappa shape index (κ2) is 19.2. The Morgan fingerprint density at radius 1 is 0.951 bits per heavy atom. The number of allylic oxidation sites excluding steroid dienone is 2. The fraction of sp³-hybridized carbons (Fsp3) is 0.311. The van der Waals surface area contributed by atoms with Crippen molar-refractivity contribution < 1.29 is 36.3 Å². The molecule has 0 unspecified atom stereocenters. The van der Waals surface area contributed by atoms with E-state index < -0.39 is 20.0 Å². The number of alkyl halides is 3. The number of unbranched alkanes of at least 4 members (excludes halogenated alkanes) is 5. The first-order valence-corrected chi connectivity index (χ1v) is 20.4. The molecule has 3 aromatic heterocycles. The summed E-state index contributed by atoms with van der Waals surface area (Å²) < 4.78 is 65.9. The average molecular weight is 836 g/mol. The van der Waals surface area contributed by atoms with Crippen molar-refractivity contribution in [2.24, 2.45) is 0 Å². The number of ether oxygens (including phenoxy) is 1. The SMILES string of the molecule is COc1cc(C(=O)NCCCCCCCCNC(=O)CCc2ccc3n2B(F)[N+]2=C(c4ccc[nH]4)C=CC2=C3)ccc1NCC#Cc1cc2c(N)cccc2n1CC(F)(F)F. The van der Waals surface area contributed by atoms with E-state index in [2.05, 4.69) is 32.8 Å². The summed E-state index contributed by atoms with van der Waals surface area (Å²) in [4.78, 5) is 28.6. The standard InChI is InChI=1S/C45H47BF4N8O3/c1-61-42-27-31(15-20-39(42)53-25-9-11-33-29-36-37(51)12-8-14-40(36)56(33)30-45(47,48)49)44(60)55-24-7-5-3-2-4-6-23-54-43(59)22-19-32-16-17-34-28-35-18-21-41(38-13-10-26-52-38)58(35)46(50)57(32)34/h8,10,12-18,20-21,26-29H,2-7,19,22-25,30,51H2,1H3,(H3,53,54,55,59,60)/p+1. The molecule has 7 rings (SSSR count). The summed E-state index contributed by atoms with van der Waals surface area (Å²) >= 11 is 0. The van der Waals surface area contributed by atoms with Gasteiger partial charge < -0.3 is 36.0 Å². The molecule has 0 bridgehead atoms. The van der Waals surface area contributed by atoms with Crippen LogP contribution in [0, 0.1) is 11.8 Å². The number of hydrogen-bond acceptors (Lipinski definition) is 5. The summed E-state index contributed by atoms with van der Waals surface area (Å²) in [6.07, 6.45) is 9.52. The molecule has 5 heterocycles. The first-order chi connectivity index (χ1) is 29.5. The number of anilines is 2. The van der Waals surface area contributed by atoms with Gasteiger partial charge in [0.1, 0.15) is 18.0 Å². The van der Waals surface area contributed by atoms with Crippen molar-refractivity contribution in [1.82, 2.24) is 24.7 Å². The van der Waals surface area contributed by atoms with Crippen LogP contribution in [-0.4, -0.2) is 76.2 Å². The lowest BCUT2D eigenvalue weighted by molar-refractivity contribution is -0.333. The van der Waals surface area contributed by atoms with Crippen LogP contribution in [0.25, 0.3) is 17.0 Å². The number of H-pyrrole nitrogens is 1. The van der Waals surface area contributed by atoms with Crippen molar-refractivity contribution in [3.63, 3.8) is 0 Å². The zero-order valence-corrected chi connectivity index (χ0v) is 33.9. The molecule has 6 N–H and O–H groups in total. The van der Waals surface area contributed by atoms with E-state index in [9.17, 15) is 22.8 Å². The lowest BCUT2D eigenvalue weighted by Crippen LogP contribution is -2.40. The molecule has 16 heteroatoms. The second-order valence-corrected chi connectivity index (χ2v) is 15.0. The van der Waals surface area contributed by atoms with Crippen molar-refractivity contribution in [2.75, 3.05) is 37.8 Å². The molecular weight excluding hydrogens is 787 g/mol. The van der Waals surface area contributed by atoms with E-state index in [1.165, 1.54) is 7.11 Å². The zero-order chi connectivity index (χ0) is 42.9. The number of halogens is 4. The molecule has 2 aliphatic heterocycles. The molecular formula is C45H48BF4N8O3+. The van der Waals surface area contributed by atoms with Crippen LogP contribution < -0.4 is 26.4 Å². The van der Waals surface area contributed by atoms with E-state index in [0.29, 0.717) is 53.1 Å². The Labute approximate surface area is 351 Å². The van der Waals surface area contributed by atoms with Crippen LogP contribution >= 0.6 is 0 Å². The van der Waals surface area contributed by atoms with Crippen LogP contribution in [0.5, 0.6) is 5.75 Å². The van der Waals surface area contributed by atoms with Crippen molar-refractivity contribution in [3.8, 4) is 17.6 Å². The third kappa shape index (κ3) is 10.2. The number of nitrogens with two attached hydrogens (primary N) is 1. The van der Waals surface area contributed by atoms with Gasteiger partial charge in [-0.05, 0) is 85.8 Å². The molecule has 61 heavy (non-hydrogen) atoms. The predicted octanol–water partition coefficient (Wildman–Crippen LogP) is 7.44. The molecule has 0 saturated heterocycles. The summed E-state index contributed by atoms with van der Waals surface area (Å²) in [5.74, 6) is 5.85. The minimum absolute atomic E-state index is 0.0543. The van der Waals surface area contributed by atoms with Gasteiger partial charge in [-0.25, -0.2) is 8.80 Å². The predicted molar refractivity (Wildman–Crippen MR) is 231 cm³/mol. The number of nitrogens with one attached hydrogen (secondary N) is 4. The lowest BCUT2D eigenvalue weighted by Gasteiger charge is -2.15. The number of amides is 2. The van der Waals surface area contributed by atoms with Gasteiger partial charge in [0.25, 0.3) is 5.91 Å². The highest BCUT2D eigenvalue weighted by atomic mass is 19.4. The molecule has 2 aromatic carbocycles. The Kier molecular flexibility index (Phi) is 13.4. The Morgan fingerprint density at radius 2 is 1.74 bits per heavy atom. The maximum absolute atomic E-state index is 15.9. The topological polar surface area (TPSA) is 134 Å². The van der Waals surface area contributed by atoms with Gasteiger partial charge in [-0.15, -0.1) is 0 Å². The van der Waals surface area contributed by atoms with Gasteiger partial charge in [0.05, 0.1) is 30.6 Å². The van der Waals surface area contributed by atoms with E-state index >= 15 is 4.32 Å². The van der Waals surface area contributed by atoms with Crippen LogP contribution in [0.1, 0.15) is 78.1 Å². The Morgan fingerprint density at radius 3 is 2.49 bits per heavy atom. The van der Waals surface area contributed by atoms with Gasteiger partial charge >= 0.3 is 13.4 Å². The van der Waals surface area contributed by atoms with Gasteiger partial charge in [-0.3, -0.25) is 14.1 Å². The highest BCUT2D eigenvalue weighted by molar-refractivity contribution is 6.43. The van der Waals surface area contributed by atoms with Crippen LogP contribution in [0.4, 0.5) is 28.9 Å². The highest BCUT2D eigenvalue weighted by Crippen LogP contribution is 2.30. The maximum Gasteiger partial charge on any atom is 0.846 e. The van der Waals surface area contributed by atoms with E-state index in [1.807, 2.05) is 48.7 Å². The summed E-state index contributed by atoms with van der Waals surface area (Å²) in [6, 6.07) is 19.0. The van der Waals surface area contributed by atoms with Crippen molar-refractivity contribution in [2.45, 2.75) is 64.1 Å². The van der Waals surface area contributed by atoms with Gasteiger partial charge in [-0.2, -0.15) is 13.2 Å². The molecule has 0 aliphatic carbocycles. The smallest absolute Gasteiger partial charge is 0.495 e. The van der Waals surface area contributed by atoms with Crippen LogP contribution in [0.3, 0.4) is 0 Å². The molecule has 316 valence electrons. The summed E-state index contributed by atoms with van der Waals surface area (Å²) in [5, 5.41) is 9.57. The Balaban J connectivity index is 0.766. The van der Waals surface area contributed by atoms with Gasteiger partial charge in [0, 0.05) is 72.0 Å². The minimum Gasteiger partial charge on any atom is -0.495 e. The number of benzene rings is 2. The molecule has 0 fully saturated rings. The number of carbonyl (C=O) groups excluding carboxylic acids is 2. The maximum atomic E-state index is 15.9. The first-order valence-electron chi connectivity index (χ1n) is 20.4. The number of carbonyl (C=O) groups is 2. The number of nitrogens with zero attached hydrogens (tertiary/aromatic N) is 3. The van der Waals surface area contributed by atoms with Crippen molar-refractivity contribution in [1.29, 1.82) is 0 Å². The van der Waals surface area contributed by atoms with Crippen molar-refractivity contribution >= 4 is 53.1 Å². The molecule has 0 atom stereocenters. The monoisotopic (exact) mass is 835 g/mol. The molecule has 11 nitrogen and oxygen atoms in total. The highest BCUT2D eigenvalue weighted by Gasteiger charge is 2.48. The molecule has 2 aliphatic rings. The molecule has 0 saturated carbocycles. The number of rotatable bonds is 18. The molecule has 2 amide bonds. The van der Waals surface area contributed by atoms with Crippen LogP contribution in [0.15, 0.2) is 90.8 Å². The molecule has 5 aromatic rings. The number of fused-ring (bicyclic) bond motifs is 3. The minimum atomic E-state index is -4.43. The number of aryl methyl sites for hydroxylation is 1.